The number of amides is 4. The zero-order valence-electron chi connectivity index (χ0n) is 19.9. The number of fused-ring (bicyclic) bond motifs is 4. The van der Waals surface area contributed by atoms with Gasteiger partial charge in [-0.1, -0.05) is 17.7 Å². The average molecular weight is 559 g/mol. The van der Waals surface area contributed by atoms with E-state index in [9.17, 15) is 28.7 Å². The Bertz CT molecular complexity index is 1460. The molecule has 6 atom stereocenters. The van der Waals surface area contributed by atoms with E-state index in [1.165, 1.54) is 37.4 Å². The molecule has 4 aliphatic rings. The number of alkyl halides is 2. The van der Waals surface area contributed by atoms with E-state index in [1.54, 1.807) is 6.08 Å². The van der Waals surface area contributed by atoms with Gasteiger partial charge in [0.25, 0.3) is 11.8 Å². The van der Waals surface area contributed by atoms with E-state index >= 15 is 0 Å². The van der Waals surface area contributed by atoms with Crippen LogP contribution in [0, 0.1) is 23.6 Å². The highest BCUT2D eigenvalue weighted by Gasteiger charge is 2.76. The summed E-state index contributed by atoms with van der Waals surface area (Å²) in [5.74, 6) is -6.11. The minimum Gasteiger partial charge on any atom is -0.508 e. The van der Waals surface area contributed by atoms with Crippen molar-refractivity contribution < 1.29 is 33.4 Å². The van der Waals surface area contributed by atoms with Gasteiger partial charge in [0.05, 0.1) is 24.6 Å². The molecule has 2 aromatic rings. The third-order valence-electron chi connectivity index (χ3n) is 8.27. The summed E-state index contributed by atoms with van der Waals surface area (Å²) in [5.41, 5.74) is 1.07. The number of phenolic OH excluding ortho intramolecular Hbond substituents is 1. The van der Waals surface area contributed by atoms with Crippen LogP contribution in [0.15, 0.2) is 54.1 Å². The minimum atomic E-state index is -2.07. The van der Waals surface area contributed by atoms with E-state index in [-0.39, 0.29) is 30.0 Å². The van der Waals surface area contributed by atoms with Crippen molar-refractivity contribution in [3.05, 3.63) is 65.5 Å². The molecule has 2 aliphatic heterocycles. The van der Waals surface area contributed by atoms with E-state index in [2.05, 4.69) is 5.32 Å². The number of anilines is 1. The Morgan fingerprint density at radius 1 is 1.03 bits per heavy atom. The zero-order valence-corrected chi connectivity index (χ0v) is 21.4. The second-order valence-electron chi connectivity index (χ2n) is 10.0. The van der Waals surface area contributed by atoms with Gasteiger partial charge in [0.15, 0.2) is 9.75 Å². The number of hydrogen-bond donors (Lipinski definition) is 2. The summed E-state index contributed by atoms with van der Waals surface area (Å²) in [6.45, 7) is 0. The number of imide groups is 2. The van der Waals surface area contributed by atoms with E-state index in [0.29, 0.717) is 11.1 Å². The predicted molar refractivity (Wildman–Crippen MR) is 134 cm³/mol. The van der Waals surface area contributed by atoms with Gasteiger partial charge in [0.1, 0.15) is 17.3 Å². The summed E-state index contributed by atoms with van der Waals surface area (Å²) in [7, 11) is 1.38. The predicted octanol–water partition coefficient (Wildman–Crippen LogP) is 3.39. The maximum absolute atomic E-state index is 14.2. The molecule has 2 aromatic carbocycles. The van der Waals surface area contributed by atoms with E-state index in [1.807, 2.05) is 0 Å². The molecule has 6 rings (SSSR count). The first kappa shape index (κ1) is 24.9. The van der Waals surface area contributed by atoms with Gasteiger partial charge < -0.3 is 9.84 Å². The number of hydrogen-bond acceptors (Lipinski definition) is 6. The first-order chi connectivity index (χ1) is 18.0. The number of carbonyl (C=O) groups is 4. The number of benzene rings is 2. The number of methoxy groups -OCH3 is 1. The fraction of sp³-hybridized carbons (Fsp3) is 0.333. The molecule has 4 amide bonds. The number of ether oxygens (including phenoxy) is 1. The number of aromatic hydroxyl groups is 1. The van der Waals surface area contributed by atoms with Gasteiger partial charge >= 0.3 is 0 Å². The molecule has 2 heterocycles. The fourth-order valence-corrected chi connectivity index (χ4v) is 7.52. The van der Waals surface area contributed by atoms with Crippen LogP contribution in [0.25, 0.3) is 0 Å². The smallest absolute Gasteiger partial charge is 0.258 e. The van der Waals surface area contributed by atoms with Crippen LogP contribution < -0.4 is 15.0 Å². The highest BCUT2D eigenvalue weighted by Crippen LogP contribution is 2.66. The number of phenols is 1. The van der Waals surface area contributed by atoms with Crippen molar-refractivity contribution in [1.82, 2.24) is 5.32 Å². The first-order valence-corrected chi connectivity index (χ1v) is 12.7. The third kappa shape index (κ3) is 3.09. The summed E-state index contributed by atoms with van der Waals surface area (Å²) >= 11 is 14.4. The maximum Gasteiger partial charge on any atom is 0.258 e. The molecule has 11 heteroatoms. The first-order valence-electron chi connectivity index (χ1n) is 12.0. The Morgan fingerprint density at radius 2 is 1.74 bits per heavy atom. The summed E-state index contributed by atoms with van der Waals surface area (Å²) in [5, 5.41) is 12.5. The summed E-state index contributed by atoms with van der Waals surface area (Å²) in [6, 6.07) is 9.08. The molecule has 3 fully saturated rings. The van der Waals surface area contributed by atoms with Gasteiger partial charge in [-0.05, 0) is 49.1 Å². The van der Waals surface area contributed by atoms with E-state index in [4.69, 9.17) is 27.9 Å². The number of allylic oxidation sites excluding steroid dienone is 2. The lowest BCUT2D eigenvalue weighted by Crippen LogP contribution is -2.60. The van der Waals surface area contributed by atoms with Gasteiger partial charge in [-0.3, -0.25) is 24.5 Å². The molecule has 196 valence electrons. The van der Waals surface area contributed by atoms with Gasteiger partial charge in [-0.25, -0.2) is 9.29 Å². The standard InChI is InChI=1S/C27H21Cl2FN2O6/c1-38-19-10-14(33)6-7-16(19)21-15-8-9-17-20(23(35)31-22(17)34)18(15)11-26(28)24(36)32(25(37)27(21,26)29)13-4-2-12(30)3-5-13/h2-8,10,17-18,20-21,33H,9,11H2,1H3,(H,31,34,35)/t17-,18+,20-,21+,26+,27-/m0/s1. The van der Waals surface area contributed by atoms with E-state index < -0.39 is 62.9 Å². The molecule has 8 nitrogen and oxygen atoms in total. The molecular weight excluding hydrogens is 538 g/mol. The Balaban J connectivity index is 1.60. The highest BCUT2D eigenvalue weighted by atomic mass is 35.5. The number of halogens is 3. The second-order valence-corrected chi connectivity index (χ2v) is 11.3. The van der Waals surface area contributed by atoms with Crippen LogP contribution in [0.2, 0.25) is 0 Å². The van der Waals surface area contributed by atoms with Crippen molar-refractivity contribution in [2.45, 2.75) is 28.5 Å². The summed E-state index contributed by atoms with van der Waals surface area (Å²) < 4.78 is 19.2. The molecule has 0 bridgehead atoms. The number of carbonyl (C=O) groups excluding carboxylic acids is 4. The molecule has 2 aliphatic carbocycles. The normalized spacial score (nSPS) is 33.9. The Hall–Kier alpha value is -3.43. The molecular formula is C27H21Cl2FN2O6. The van der Waals surface area contributed by atoms with Crippen molar-refractivity contribution >= 4 is 52.5 Å². The summed E-state index contributed by atoms with van der Waals surface area (Å²) in [6.07, 6.45) is 1.85. The number of rotatable bonds is 3. The molecule has 1 saturated carbocycles. The lowest BCUT2D eigenvalue weighted by molar-refractivity contribution is -0.127. The van der Waals surface area contributed by atoms with Crippen LogP contribution in [-0.2, 0) is 19.2 Å². The van der Waals surface area contributed by atoms with Crippen molar-refractivity contribution in [3.8, 4) is 11.5 Å². The third-order valence-corrected chi connectivity index (χ3v) is 9.68. The van der Waals surface area contributed by atoms with Crippen LogP contribution in [-0.4, -0.2) is 45.6 Å². The molecule has 2 N–H and O–H groups in total. The van der Waals surface area contributed by atoms with Crippen LogP contribution in [0.4, 0.5) is 10.1 Å². The molecule has 38 heavy (non-hydrogen) atoms. The number of nitrogens with one attached hydrogen (secondary N) is 1. The van der Waals surface area contributed by atoms with Gasteiger partial charge in [0.2, 0.25) is 11.8 Å². The SMILES string of the molecule is COc1cc(O)ccc1[C@H]1C2=CC[C@@H]3C(=O)NC(=O)[C@@H]3[C@@H]2C[C@@]2(Cl)C(=O)N(c3ccc(F)cc3)C(=O)[C@@]12Cl. The van der Waals surface area contributed by atoms with E-state index in [0.717, 1.165) is 17.0 Å². The van der Waals surface area contributed by atoms with Crippen molar-refractivity contribution in [3.63, 3.8) is 0 Å². The van der Waals surface area contributed by atoms with Gasteiger partial charge in [-0.15, -0.1) is 23.2 Å². The quantitative estimate of drug-likeness (QED) is 0.339. The van der Waals surface area contributed by atoms with Crippen LogP contribution >= 0.6 is 23.2 Å². The number of nitrogens with zero attached hydrogens (tertiary/aromatic N) is 1. The van der Waals surface area contributed by atoms with Crippen LogP contribution in [0.3, 0.4) is 0 Å². The molecule has 0 spiro atoms. The average Bonchev–Trinajstić information content (AvgIpc) is 3.26. The largest absolute Gasteiger partial charge is 0.508 e. The highest BCUT2D eigenvalue weighted by molar-refractivity contribution is 6.58. The monoisotopic (exact) mass is 558 g/mol. The van der Waals surface area contributed by atoms with Gasteiger partial charge in [0, 0.05) is 17.5 Å². The Labute approximate surface area is 226 Å². The molecule has 0 radical (unpaired) electrons. The zero-order chi connectivity index (χ0) is 27.1. The van der Waals surface area contributed by atoms with Crippen molar-refractivity contribution in [1.29, 1.82) is 0 Å². The molecule has 0 aromatic heterocycles. The lowest BCUT2D eigenvalue weighted by atomic mass is 9.56. The minimum absolute atomic E-state index is 0.0934. The van der Waals surface area contributed by atoms with Crippen LogP contribution in [0.1, 0.15) is 24.3 Å². The fourth-order valence-electron chi connectivity index (χ4n) is 6.59. The maximum atomic E-state index is 14.2. The Kier molecular flexibility index (Phi) is 5.42. The summed E-state index contributed by atoms with van der Waals surface area (Å²) in [4.78, 5) is 50.4. The Morgan fingerprint density at radius 3 is 2.42 bits per heavy atom. The van der Waals surface area contributed by atoms with Crippen molar-refractivity contribution in [2.75, 3.05) is 12.0 Å². The lowest BCUT2D eigenvalue weighted by Gasteiger charge is -2.50. The second kappa shape index (κ2) is 8.28. The molecule has 2 saturated heterocycles. The van der Waals surface area contributed by atoms with Crippen molar-refractivity contribution in [2.24, 2.45) is 17.8 Å². The van der Waals surface area contributed by atoms with Gasteiger partial charge in [-0.2, -0.15) is 0 Å². The molecule has 0 unspecified atom stereocenters. The topological polar surface area (TPSA) is 113 Å². The van der Waals surface area contributed by atoms with Crippen LogP contribution in [0.5, 0.6) is 11.5 Å².